The predicted molar refractivity (Wildman–Crippen MR) is 65.8 cm³/mol. The Labute approximate surface area is 100 Å². The van der Waals surface area contributed by atoms with Crippen LogP contribution < -0.4 is 22.7 Å². The van der Waals surface area contributed by atoms with E-state index in [9.17, 15) is 4.79 Å². The Morgan fingerprint density at radius 2 is 2.19 bits per heavy atom. The smallest absolute Gasteiger partial charge is 0.341 e. The number of carbonyl (C=O) groups excluding carboxylic acids is 1. The summed E-state index contributed by atoms with van der Waals surface area (Å²) >= 11 is 3.94. The van der Waals surface area contributed by atoms with Gasteiger partial charge in [-0.2, -0.15) is 18.1 Å². The van der Waals surface area contributed by atoms with Gasteiger partial charge in [-0.25, -0.2) is 4.79 Å². The Hall–Kier alpha value is -0.990. The van der Waals surface area contributed by atoms with Crippen molar-refractivity contribution < 1.29 is 9.63 Å². The zero-order valence-corrected chi connectivity index (χ0v) is 9.95. The van der Waals surface area contributed by atoms with E-state index in [1.807, 2.05) is 0 Å². The summed E-state index contributed by atoms with van der Waals surface area (Å²) in [4.78, 5) is 19.7. The van der Waals surface area contributed by atoms with Gasteiger partial charge < -0.3 is 22.0 Å². The van der Waals surface area contributed by atoms with Gasteiger partial charge in [-0.3, -0.25) is 4.99 Å². The van der Waals surface area contributed by atoms with Crippen LogP contribution in [0.2, 0.25) is 0 Å². The molecule has 7 nitrogen and oxygen atoms in total. The van der Waals surface area contributed by atoms with Crippen molar-refractivity contribution >= 4 is 24.6 Å². The lowest BCUT2D eigenvalue weighted by Crippen LogP contribution is -2.36. The van der Waals surface area contributed by atoms with Crippen molar-refractivity contribution in [2.75, 3.05) is 18.8 Å². The highest BCUT2D eigenvalue weighted by Gasteiger charge is 2.14. The van der Waals surface area contributed by atoms with Crippen LogP contribution in [0.1, 0.15) is 12.8 Å². The van der Waals surface area contributed by atoms with Crippen molar-refractivity contribution in [3.05, 3.63) is 0 Å². The lowest BCUT2D eigenvalue weighted by molar-refractivity contribution is -0.152. The van der Waals surface area contributed by atoms with E-state index in [2.05, 4.69) is 27.9 Å². The number of hydrogen-bond donors (Lipinski definition) is 5. The third kappa shape index (κ3) is 8.33. The van der Waals surface area contributed by atoms with E-state index in [0.29, 0.717) is 31.7 Å². The molecule has 1 unspecified atom stereocenters. The van der Waals surface area contributed by atoms with Gasteiger partial charge in [0.25, 0.3) is 0 Å². The molecule has 0 bridgehead atoms. The molecule has 0 radical (unpaired) electrons. The summed E-state index contributed by atoms with van der Waals surface area (Å²) in [5.41, 5.74) is 18.3. The topological polar surface area (TPSA) is 129 Å². The van der Waals surface area contributed by atoms with E-state index in [4.69, 9.17) is 17.2 Å². The van der Waals surface area contributed by atoms with E-state index in [0.717, 1.165) is 0 Å². The number of thiol groups is 1. The molecule has 0 aliphatic carbocycles. The summed E-state index contributed by atoms with van der Waals surface area (Å²) in [5, 5.41) is 0. The van der Waals surface area contributed by atoms with Gasteiger partial charge in [0.1, 0.15) is 6.04 Å². The first kappa shape index (κ1) is 15.0. The van der Waals surface area contributed by atoms with Gasteiger partial charge in [0.15, 0.2) is 5.96 Å². The fraction of sp³-hybridized carbons (Fsp3) is 0.750. The molecule has 8 heteroatoms. The quantitative estimate of drug-likeness (QED) is 0.115. The molecule has 0 rings (SSSR count). The average Bonchev–Trinajstić information content (AvgIpc) is 2.24. The number of rotatable bonds is 8. The summed E-state index contributed by atoms with van der Waals surface area (Å²) in [5.74, 6) is 0.116. The standard InChI is InChI=1S/C8H19N5O2S/c9-6(2-1-3-12-8(10)11)7(14)15-13-4-5-16/h6,13,16H,1-5,9H2,(H4,10,11,12). The van der Waals surface area contributed by atoms with Crippen molar-refractivity contribution in [3.63, 3.8) is 0 Å². The number of hydroxylamine groups is 1. The van der Waals surface area contributed by atoms with Crippen molar-refractivity contribution in [3.8, 4) is 0 Å². The van der Waals surface area contributed by atoms with Crippen LogP contribution in [0.5, 0.6) is 0 Å². The summed E-state index contributed by atoms with van der Waals surface area (Å²) in [6.07, 6.45) is 1.10. The highest BCUT2D eigenvalue weighted by atomic mass is 32.1. The molecule has 0 aliphatic rings. The zero-order chi connectivity index (χ0) is 12.4. The van der Waals surface area contributed by atoms with Gasteiger partial charge in [0.05, 0.1) is 0 Å². The van der Waals surface area contributed by atoms with Crippen LogP contribution in [0.3, 0.4) is 0 Å². The van der Waals surface area contributed by atoms with Crippen molar-refractivity contribution in [2.24, 2.45) is 22.2 Å². The molecule has 16 heavy (non-hydrogen) atoms. The van der Waals surface area contributed by atoms with Gasteiger partial charge in [-0.1, -0.05) is 0 Å². The van der Waals surface area contributed by atoms with Crippen LogP contribution in [0.4, 0.5) is 0 Å². The molecule has 0 aromatic carbocycles. The van der Waals surface area contributed by atoms with E-state index < -0.39 is 12.0 Å². The molecular weight excluding hydrogens is 230 g/mol. The summed E-state index contributed by atoms with van der Waals surface area (Å²) in [7, 11) is 0. The van der Waals surface area contributed by atoms with Gasteiger partial charge in [-0.05, 0) is 12.8 Å². The first-order valence-corrected chi connectivity index (χ1v) is 5.56. The second-order valence-electron chi connectivity index (χ2n) is 3.09. The Kier molecular flexibility index (Phi) is 8.68. The Balaban J connectivity index is 3.59. The van der Waals surface area contributed by atoms with E-state index in [-0.39, 0.29) is 5.96 Å². The number of nitrogens with two attached hydrogens (primary N) is 3. The predicted octanol–water partition coefficient (Wildman–Crippen LogP) is -1.66. The summed E-state index contributed by atoms with van der Waals surface area (Å²) < 4.78 is 0. The molecule has 0 spiro atoms. The van der Waals surface area contributed by atoms with Crippen molar-refractivity contribution in [2.45, 2.75) is 18.9 Å². The molecule has 0 aliphatic heterocycles. The van der Waals surface area contributed by atoms with Gasteiger partial charge in [0, 0.05) is 18.8 Å². The first-order chi connectivity index (χ1) is 7.57. The molecule has 94 valence electrons. The Morgan fingerprint density at radius 1 is 1.50 bits per heavy atom. The molecule has 7 N–H and O–H groups in total. The molecule has 0 aromatic heterocycles. The molecule has 0 amide bonds. The fourth-order valence-corrected chi connectivity index (χ4v) is 0.972. The van der Waals surface area contributed by atoms with Crippen LogP contribution >= 0.6 is 12.6 Å². The fourth-order valence-electron chi connectivity index (χ4n) is 0.881. The monoisotopic (exact) mass is 249 g/mol. The number of aliphatic imine (C=N–C) groups is 1. The van der Waals surface area contributed by atoms with E-state index in [1.165, 1.54) is 0 Å². The Morgan fingerprint density at radius 3 is 2.75 bits per heavy atom. The first-order valence-electron chi connectivity index (χ1n) is 4.93. The molecule has 0 heterocycles. The highest BCUT2D eigenvalue weighted by molar-refractivity contribution is 7.80. The van der Waals surface area contributed by atoms with Crippen LogP contribution in [0.15, 0.2) is 4.99 Å². The third-order valence-electron chi connectivity index (χ3n) is 1.66. The molecule has 1 atom stereocenters. The van der Waals surface area contributed by atoms with Crippen molar-refractivity contribution in [1.82, 2.24) is 5.48 Å². The average molecular weight is 249 g/mol. The molecule has 0 aromatic rings. The zero-order valence-electron chi connectivity index (χ0n) is 9.06. The highest BCUT2D eigenvalue weighted by Crippen LogP contribution is 1.96. The summed E-state index contributed by atoms with van der Waals surface area (Å²) in [6.45, 7) is 0.933. The number of guanidine groups is 1. The van der Waals surface area contributed by atoms with Crippen molar-refractivity contribution in [1.29, 1.82) is 0 Å². The molecule has 0 fully saturated rings. The van der Waals surface area contributed by atoms with Crippen LogP contribution in [-0.2, 0) is 9.63 Å². The minimum atomic E-state index is -0.665. The minimum absolute atomic E-state index is 0.0339. The largest absolute Gasteiger partial charge is 0.370 e. The SMILES string of the molecule is NC(N)=NCCCC(N)C(=O)ONCCS. The maximum Gasteiger partial charge on any atom is 0.341 e. The number of nitrogens with zero attached hydrogens (tertiary/aromatic N) is 1. The van der Waals surface area contributed by atoms with Crippen LogP contribution in [-0.4, -0.2) is 36.8 Å². The van der Waals surface area contributed by atoms with Gasteiger partial charge in [0.2, 0.25) is 0 Å². The maximum atomic E-state index is 11.2. The minimum Gasteiger partial charge on any atom is -0.370 e. The maximum absolute atomic E-state index is 11.2. The van der Waals surface area contributed by atoms with Crippen LogP contribution in [0.25, 0.3) is 0 Å². The summed E-state index contributed by atoms with van der Waals surface area (Å²) in [6, 6.07) is -0.665. The third-order valence-corrected chi connectivity index (χ3v) is 1.88. The number of nitrogens with one attached hydrogen (secondary N) is 1. The second kappa shape index (κ2) is 9.25. The number of hydrogen-bond acceptors (Lipinski definition) is 6. The van der Waals surface area contributed by atoms with Gasteiger partial charge >= 0.3 is 5.97 Å². The number of carbonyl (C=O) groups is 1. The van der Waals surface area contributed by atoms with Gasteiger partial charge in [-0.15, -0.1) is 0 Å². The second-order valence-corrected chi connectivity index (χ2v) is 3.54. The lowest BCUT2D eigenvalue weighted by atomic mass is 10.2. The Bertz CT molecular complexity index is 232. The van der Waals surface area contributed by atoms with E-state index >= 15 is 0 Å². The lowest BCUT2D eigenvalue weighted by Gasteiger charge is -2.10. The molecule has 0 saturated carbocycles. The molecular formula is C8H19N5O2S. The van der Waals surface area contributed by atoms with Crippen LogP contribution in [0, 0.1) is 0 Å². The van der Waals surface area contributed by atoms with E-state index in [1.54, 1.807) is 0 Å². The normalized spacial score (nSPS) is 11.9. The molecule has 0 saturated heterocycles.